The Kier molecular flexibility index (Phi) is 8.99. The van der Waals surface area contributed by atoms with Gasteiger partial charge in [0.1, 0.15) is 11.7 Å². The zero-order valence-corrected chi connectivity index (χ0v) is 25.7. The van der Waals surface area contributed by atoms with Crippen molar-refractivity contribution in [3.63, 3.8) is 0 Å². The number of aryl methyl sites for hydroxylation is 2. The molecule has 2 aromatic carbocycles. The molecule has 0 saturated heterocycles. The maximum atomic E-state index is 14.0. The Morgan fingerprint density at radius 1 is 1.11 bits per heavy atom. The number of allylic oxidation sites excluding steroid dienone is 1. The lowest BCUT2D eigenvalue weighted by Gasteiger charge is -2.25. The van der Waals surface area contributed by atoms with Gasteiger partial charge in [-0.1, -0.05) is 38.1 Å². The van der Waals surface area contributed by atoms with Crippen LogP contribution in [-0.4, -0.2) is 50.4 Å². The highest BCUT2D eigenvalue weighted by Crippen LogP contribution is 2.38. The van der Waals surface area contributed by atoms with Crippen LogP contribution in [0.2, 0.25) is 0 Å². The molecule has 4 N–H and O–H groups in total. The number of carbonyl (C=O) groups excluding carboxylic acids is 2. The maximum absolute atomic E-state index is 14.0. The van der Waals surface area contributed by atoms with Crippen molar-refractivity contribution in [3.8, 4) is 11.3 Å². The smallest absolute Gasteiger partial charge is 0.270 e. The Morgan fingerprint density at radius 2 is 1.89 bits per heavy atom. The van der Waals surface area contributed by atoms with Gasteiger partial charge >= 0.3 is 0 Å². The molecule has 0 radical (unpaired) electrons. The highest BCUT2D eigenvalue weighted by atomic mass is 16.2. The first kappa shape index (κ1) is 30.3. The van der Waals surface area contributed by atoms with Gasteiger partial charge in [0.05, 0.1) is 23.3 Å². The second kappa shape index (κ2) is 13.0. The van der Waals surface area contributed by atoms with Gasteiger partial charge in [0.15, 0.2) is 0 Å². The summed E-state index contributed by atoms with van der Waals surface area (Å²) in [6.45, 7) is 6.07. The van der Waals surface area contributed by atoms with Crippen LogP contribution in [0.5, 0.6) is 0 Å². The first-order chi connectivity index (χ1) is 21.2. The first-order valence-electron chi connectivity index (χ1n) is 14.7. The third-order valence-electron chi connectivity index (χ3n) is 8.11. The summed E-state index contributed by atoms with van der Waals surface area (Å²) in [6.07, 6.45) is 8.13. The van der Waals surface area contributed by atoms with Gasteiger partial charge in [-0.2, -0.15) is 5.10 Å². The van der Waals surface area contributed by atoms with E-state index in [1.807, 2.05) is 31.2 Å². The predicted molar refractivity (Wildman–Crippen MR) is 173 cm³/mol. The monoisotopic (exact) mass is 590 g/mol. The SMILES string of the molecule is CN=C(/C(C)=C\N)c1ccc(NC(=O)C(NC(=O)c2ccnn2C)[C@@H]2CCc3ccc(-c4cncc(C(C)C)n4)cc32)cc1. The Labute approximate surface area is 257 Å². The van der Waals surface area contributed by atoms with Crippen molar-refractivity contribution in [3.05, 3.63) is 107 Å². The molecule has 4 aromatic rings. The Hall–Kier alpha value is -5.12. The van der Waals surface area contributed by atoms with E-state index in [2.05, 4.69) is 57.8 Å². The van der Waals surface area contributed by atoms with Crippen LogP contribution in [-0.2, 0) is 18.3 Å². The topological polar surface area (TPSA) is 140 Å². The Bertz CT molecular complexity index is 1740. The third kappa shape index (κ3) is 6.29. The number of nitrogens with one attached hydrogen (secondary N) is 2. The van der Waals surface area contributed by atoms with E-state index in [4.69, 9.17) is 10.7 Å². The molecule has 10 heteroatoms. The molecule has 2 amide bonds. The predicted octanol–water partition coefficient (Wildman–Crippen LogP) is 4.75. The average molecular weight is 591 g/mol. The van der Waals surface area contributed by atoms with Gasteiger partial charge in [-0.05, 0) is 72.8 Å². The van der Waals surface area contributed by atoms with Gasteiger partial charge in [0.25, 0.3) is 5.91 Å². The molecule has 0 fully saturated rings. The quantitative estimate of drug-likeness (QED) is 0.240. The number of carbonyl (C=O) groups is 2. The number of anilines is 1. The summed E-state index contributed by atoms with van der Waals surface area (Å²) in [5.41, 5.74) is 14.0. The van der Waals surface area contributed by atoms with Crippen LogP contribution in [0.15, 0.2) is 83.9 Å². The standard InChI is InChI=1S/C34H38N8O2/c1-20(2)28-18-37-19-29(40-28)24-7-6-22-10-13-26(27(22)16-24)32(41-33(43)30-14-15-38-42(30)5)34(44)39-25-11-8-23(9-12-25)31(36-4)21(3)17-35/h6-9,11-12,14-20,26,32H,10,13,35H2,1-5H3,(H,39,44)(H,41,43)/b21-17-,36-31?/t26-,32?/m1/s1. The number of fused-ring (bicyclic) bond motifs is 1. The van der Waals surface area contributed by atoms with E-state index in [1.54, 1.807) is 38.8 Å². The number of hydrogen-bond acceptors (Lipinski definition) is 7. The molecule has 1 unspecified atom stereocenters. The molecule has 1 aliphatic rings. The van der Waals surface area contributed by atoms with Gasteiger partial charge in [0.2, 0.25) is 5.91 Å². The molecule has 10 nitrogen and oxygen atoms in total. The summed E-state index contributed by atoms with van der Waals surface area (Å²) in [6, 6.07) is 14.4. The van der Waals surface area contributed by atoms with Gasteiger partial charge in [-0.3, -0.25) is 24.2 Å². The molecule has 0 spiro atoms. The van der Waals surface area contributed by atoms with Gasteiger partial charge in [-0.15, -0.1) is 0 Å². The van der Waals surface area contributed by atoms with Gasteiger partial charge in [0, 0.05) is 49.2 Å². The fraction of sp³-hybridized carbons (Fsp3) is 0.294. The summed E-state index contributed by atoms with van der Waals surface area (Å²) in [5.74, 6) is -0.677. The fourth-order valence-electron chi connectivity index (χ4n) is 5.64. The fourth-order valence-corrected chi connectivity index (χ4v) is 5.64. The summed E-state index contributed by atoms with van der Waals surface area (Å²) in [4.78, 5) is 41.0. The molecule has 0 bridgehead atoms. The molecule has 2 aromatic heterocycles. The molecule has 0 saturated carbocycles. The van der Waals surface area contributed by atoms with E-state index in [-0.39, 0.29) is 23.7 Å². The Balaban J connectivity index is 1.46. The summed E-state index contributed by atoms with van der Waals surface area (Å²) in [7, 11) is 3.41. The third-order valence-corrected chi connectivity index (χ3v) is 8.11. The van der Waals surface area contributed by atoms with E-state index in [1.165, 1.54) is 10.9 Å². The highest BCUT2D eigenvalue weighted by Gasteiger charge is 2.36. The molecule has 226 valence electrons. The maximum Gasteiger partial charge on any atom is 0.270 e. The second-order valence-corrected chi connectivity index (χ2v) is 11.3. The number of benzene rings is 2. The van der Waals surface area contributed by atoms with Gasteiger partial charge < -0.3 is 16.4 Å². The normalized spacial score (nSPS) is 15.6. The molecule has 1 aliphatic carbocycles. The zero-order valence-electron chi connectivity index (χ0n) is 25.7. The van der Waals surface area contributed by atoms with Crippen molar-refractivity contribution in [2.75, 3.05) is 12.4 Å². The Morgan fingerprint density at radius 3 is 2.55 bits per heavy atom. The van der Waals surface area contributed by atoms with Crippen LogP contribution in [0.4, 0.5) is 5.69 Å². The summed E-state index contributed by atoms with van der Waals surface area (Å²) < 4.78 is 1.49. The minimum absolute atomic E-state index is 0.246. The van der Waals surface area contributed by atoms with Crippen molar-refractivity contribution in [2.24, 2.45) is 17.8 Å². The highest BCUT2D eigenvalue weighted by molar-refractivity contribution is 6.12. The number of rotatable bonds is 9. The largest absolute Gasteiger partial charge is 0.404 e. The molecule has 44 heavy (non-hydrogen) atoms. The number of aromatic nitrogens is 4. The summed E-state index contributed by atoms with van der Waals surface area (Å²) >= 11 is 0. The van der Waals surface area contributed by atoms with Crippen LogP contribution >= 0.6 is 0 Å². The van der Waals surface area contributed by atoms with Crippen LogP contribution in [0.25, 0.3) is 11.3 Å². The van der Waals surface area contributed by atoms with Crippen molar-refractivity contribution >= 4 is 23.2 Å². The van der Waals surface area contributed by atoms with Crippen LogP contribution in [0.3, 0.4) is 0 Å². The second-order valence-electron chi connectivity index (χ2n) is 11.3. The molecular weight excluding hydrogens is 552 g/mol. The number of nitrogens with zero attached hydrogens (tertiary/aromatic N) is 5. The van der Waals surface area contributed by atoms with E-state index in [9.17, 15) is 9.59 Å². The lowest BCUT2D eigenvalue weighted by atomic mass is 9.90. The molecular formula is C34H38N8O2. The van der Waals surface area contributed by atoms with E-state index in [0.717, 1.165) is 51.3 Å². The first-order valence-corrected chi connectivity index (χ1v) is 14.7. The van der Waals surface area contributed by atoms with Crippen LogP contribution in [0, 0.1) is 0 Å². The van der Waals surface area contributed by atoms with Crippen molar-refractivity contribution in [2.45, 2.75) is 51.5 Å². The van der Waals surface area contributed by atoms with Crippen LogP contribution < -0.4 is 16.4 Å². The van der Waals surface area contributed by atoms with Gasteiger partial charge in [-0.25, -0.2) is 4.98 Å². The number of nitrogens with two attached hydrogens (primary N) is 1. The van der Waals surface area contributed by atoms with Crippen molar-refractivity contribution in [1.29, 1.82) is 0 Å². The lowest BCUT2D eigenvalue weighted by molar-refractivity contribution is -0.118. The molecule has 2 heterocycles. The van der Waals surface area contributed by atoms with E-state index < -0.39 is 6.04 Å². The average Bonchev–Trinajstić information content (AvgIpc) is 3.66. The minimum atomic E-state index is -0.836. The summed E-state index contributed by atoms with van der Waals surface area (Å²) in [5, 5.41) is 10.2. The van der Waals surface area contributed by atoms with Crippen LogP contribution in [0.1, 0.15) is 71.9 Å². The lowest BCUT2D eigenvalue weighted by Crippen LogP contribution is -2.47. The zero-order chi connectivity index (χ0) is 31.4. The van der Waals surface area contributed by atoms with E-state index >= 15 is 0 Å². The molecule has 0 aliphatic heterocycles. The number of hydrogen-bond donors (Lipinski definition) is 3. The molecule has 2 atom stereocenters. The van der Waals surface area contributed by atoms with Crippen molar-refractivity contribution < 1.29 is 9.59 Å². The molecule has 5 rings (SSSR count). The van der Waals surface area contributed by atoms with Crippen molar-refractivity contribution in [1.82, 2.24) is 25.1 Å². The number of amides is 2. The number of aliphatic imine (C=N–C) groups is 1. The minimum Gasteiger partial charge on any atom is -0.404 e. The van der Waals surface area contributed by atoms with E-state index in [0.29, 0.717) is 17.8 Å².